The van der Waals surface area contributed by atoms with E-state index in [-0.39, 0.29) is 12.3 Å². The first-order valence-electron chi connectivity index (χ1n) is 5.92. The Morgan fingerprint density at radius 3 is 2.75 bits per heavy atom. The molecule has 0 aliphatic heterocycles. The molecule has 0 aliphatic rings. The molecule has 3 rings (SSSR count). The monoisotopic (exact) mass is 270 g/mol. The molecule has 0 atom stereocenters. The molecule has 0 fully saturated rings. The lowest BCUT2D eigenvalue weighted by Crippen LogP contribution is -2.13. The topological polar surface area (TPSA) is 83.1 Å². The van der Waals surface area contributed by atoms with Gasteiger partial charge in [0.1, 0.15) is 17.6 Å². The van der Waals surface area contributed by atoms with Gasteiger partial charge in [0.2, 0.25) is 0 Å². The summed E-state index contributed by atoms with van der Waals surface area (Å²) in [5.74, 6) is 0. The molecule has 0 saturated carbocycles. The van der Waals surface area contributed by atoms with Gasteiger partial charge in [0.15, 0.2) is 0 Å². The zero-order valence-corrected chi connectivity index (χ0v) is 10.3. The normalized spacial score (nSPS) is 10.6. The second-order valence-electron chi connectivity index (χ2n) is 4.11. The predicted molar refractivity (Wildman–Crippen MR) is 70.9 cm³/mol. The molecule has 0 spiro atoms. The van der Waals surface area contributed by atoms with Gasteiger partial charge in [-0.2, -0.15) is 0 Å². The first kappa shape index (κ1) is 12.1. The van der Waals surface area contributed by atoms with Crippen LogP contribution < -0.4 is 4.84 Å². The number of aromatic nitrogens is 3. The van der Waals surface area contributed by atoms with Crippen molar-refractivity contribution in [2.24, 2.45) is 0 Å². The van der Waals surface area contributed by atoms with E-state index in [0.717, 1.165) is 0 Å². The Bertz CT molecular complexity index is 769. The molecular weight excluding hydrogens is 260 g/mol. The van der Waals surface area contributed by atoms with Gasteiger partial charge in [-0.05, 0) is 23.4 Å². The van der Waals surface area contributed by atoms with Gasteiger partial charge < -0.3 is 4.84 Å². The summed E-state index contributed by atoms with van der Waals surface area (Å²) in [4.78, 5) is 17.2. The van der Waals surface area contributed by atoms with Gasteiger partial charge in [0.25, 0.3) is 5.69 Å². The molecule has 1 heterocycles. The van der Waals surface area contributed by atoms with Crippen LogP contribution in [0.15, 0.2) is 48.5 Å². The SMILES string of the molecule is O=[N+]([O-])c1ccccc1COn1nnc2ccccc21. The summed E-state index contributed by atoms with van der Waals surface area (Å²) < 4.78 is 0. The van der Waals surface area contributed by atoms with Crippen LogP contribution in [0.4, 0.5) is 5.69 Å². The van der Waals surface area contributed by atoms with Crippen LogP contribution in [0.2, 0.25) is 0 Å². The Morgan fingerprint density at radius 1 is 1.15 bits per heavy atom. The first-order chi connectivity index (χ1) is 9.75. The molecule has 0 amide bonds. The molecule has 0 unspecified atom stereocenters. The lowest BCUT2D eigenvalue weighted by molar-refractivity contribution is -0.385. The van der Waals surface area contributed by atoms with E-state index in [9.17, 15) is 10.1 Å². The third kappa shape index (κ3) is 2.16. The maximum atomic E-state index is 10.9. The maximum Gasteiger partial charge on any atom is 0.276 e. The fourth-order valence-corrected chi connectivity index (χ4v) is 1.88. The van der Waals surface area contributed by atoms with Crippen molar-refractivity contribution in [1.29, 1.82) is 0 Å². The van der Waals surface area contributed by atoms with Crippen LogP contribution in [0, 0.1) is 10.1 Å². The van der Waals surface area contributed by atoms with E-state index in [4.69, 9.17) is 4.84 Å². The minimum atomic E-state index is -0.432. The lowest BCUT2D eigenvalue weighted by Gasteiger charge is -2.05. The van der Waals surface area contributed by atoms with E-state index in [0.29, 0.717) is 16.6 Å². The predicted octanol–water partition coefficient (Wildman–Crippen LogP) is 1.97. The van der Waals surface area contributed by atoms with E-state index < -0.39 is 4.92 Å². The standard InChI is InChI=1S/C13H10N4O3/c18-17(19)12-7-3-1-5-10(12)9-20-16-13-8-4-2-6-11(13)14-15-16/h1-8H,9H2. The summed E-state index contributed by atoms with van der Waals surface area (Å²) in [6.07, 6.45) is 0. The quantitative estimate of drug-likeness (QED) is 0.534. The Kier molecular flexibility index (Phi) is 3.00. The average Bonchev–Trinajstić information content (AvgIpc) is 2.88. The largest absolute Gasteiger partial charge is 0.390 e. The number of rotatable bonds is 4. The Balaban J connectivity index is 1.85. The number of hydrogen-bond donors (Lipinski definition) is 0. The lowest BCUT2D eigenvalue weighted by atomic mass is 10.2. The van der Waals surface area contributed by atoms with Gasteiger partial charge >= 0.3 is 0 Å². The summed E-state index contributed by atoms with van der Waals surface area (Å²) in [5.41, 5.74) is 1.93. The third-order valence-corrected chi connectivity index (χ3v) is 2.85. The maximum absolute atomic E-state index is 10.9. The van der Waals surface area contributed by atoms with Gasteiger partial charge in [0.05, 0.1) is 10.5 Å². The van der Waals surface area contributed by atoms with Crippen molar-refractivity contribution >= 4 is 16.7 Å². The molecule has 0 saturated heterocycles. The summed E-state index contributed by atoms with van der Waals surface area (Å²) in [6, 6.07) is 13.8. The van der Waals surface area contributed by atoms with Crippen molar-refractivity contribution in [2.45, 2.75) is 6.61 Å². The van der Waals surface area contributed by atoms with E-state index >= 15 is 0 Å². The van der Waals surface area contributed by atoms with Gasteiger partial charge in [-0.15, -0.1) is 5.10 Å². The Hall–Kier alpha value is -2.96. The number of nitro benzene ring substituents is 1. The van der Waals surface area contributed by atoms with Crippen molar-refractivity contribution in [3.8, 4) is 0 Å². The molecule has 0 radical (unpaired) electrons. The van der Waals surface area contributed by atoms with Crippen molar-refractivity contribution in [1.82, 2.24) is 15.2 Å². The number of benzene rings is 2. The van der Waals surface area contributed by atoms with Crippen molar-refractivity contribution in [2.75, 3.05) is 0 Å². The fraction of sp³-hybridized carbons (Fsp3) is 0.0769. The van der Waals surface area contributed by atoms with Crippen LogP contribution in [0.3, 0.4) is 0 Å². The molecule has 0 aliphatic carbocycles. The van der Waals surface area contributed by atoms with E-state index in [1.807, 2.05) is 24.3 Å². The van der Waals surface area contributed by atoms with Crippen molar-refractivity contribution < 1.29 is 9.76 Å². The number of para-hydroxylation sites is 2. The van der Waals surface area contributed by atoms with Crippen LogP contribution in [0.1, 0.15) is 5.56 Å². The number of hydrogen-bond acceptors (Lipinski definition) is 5. The Labute approximate surface area is 113 Å². The van der Waals surface area contributed by atoms with Crippen molar-refractivity contribution in [3.63, 3.8) is 0 Å². The van der Waals surface area contributed by atoms with Crippen LogP contribution in [0.25, 0.3) is 11.0 Å². The highest BCUT2D eigenvalue weighted by molar-refractivity contribution is 5.73. The highest BCUT2D eigenvalue weighted by atomic mass is 16.7. The number of fused-ring (bicyclic) bond motifs is 1. The second kappa shape index (κ2) is 4.96. The van der Waals surface area contributed by atoms with Gasteiger partial charge in [-0.25, -0.2) is 0 Å². The highest BCUT2D eigenvalue weighted by Crippen LogP contribution is 2.18. The van der Waals surface area contributed by atoms with Crippen LogP contribution in [-0.2, 0) is 6.61 Å². The average molecular weight is 270 g/mol. The molecule has 1 aromatic heterocycles. The number of nitro groups is 1. The van der Waals surface area contributed by atoms with Crippen LogP contribution in [-0.4, -0.2) is 20.1 Å². The van der Waals surface area contributed by atoms with Crippen LogP contribution >= 0.6 is 0 Å². The summed E-state index contributed by atoms with van der Waals surface area (Å²) in [6.45, 7) is 0.0461. The second-order valence-corrected chi connectivity index (χ2v) is 4.11. The summed E-state index contributed by atoms with van der Waals surface area (Å²) >= 11 is 0. The molecule has 3 aromatic rings. The van der Waals surface area contributed by atoms with Gasteiger partial charge in [-0.3, -0.25) is 10.1 Å². The first-order valence-corrected chi connectivity index (χ1v) is 5.92. The molecule has 7 heteroatoms. The van der Waals surface area contributed by atoms with Gasteiger partial charge in [0, 0.05) is 6.07 Å². The fourth-order valence-electron chi connectivity index (χ4n) is 1.88. The molecule has 0 bridgehead atoms. The number of nitrogens with zero attached hydrogens (tertiary/aromatic N) is 4. The molecule has 20 heavy (non-hydrogen) atoms. The van der Waals surface area contributed by atoms with E-state index in [2.05, 4.69) is 10.3 Å². The third-order valence-electron chi connectivity index (χ3n) is 2.85. The molecule has 7 nitrogen and oxygen atoms in total. The summed E-state index contributed by atoms with van der Waals surface area (Å²) in [5, 5.41) is 18.7. The minimum Gasteiger partial charge on any atom is -0.390 e. The summed E-state index contributed by atoms with van der Waals surface area (Å²) in [7, 11) is 0. The smallest absolute Gasteiger partial charge is 0.276 e. The molecule has 2 aromatic carbocycles. The zero-order valence-electron chi connectivity index (χ0n) is 10.3. The van der Waals surface area contributed by atoms with E-state index in [1.54, 1.807) is 18.2 Å². The minimum absolute atomic E-state index is 0.0249. The van der Waals surface area contributed by atoms with Crippen molar-refractivity contribution in [3.05, 3.63) is 64.2 Å². The Morgan fingerprint density at radius 2 is 1.90 bits per heavy atom. The molecule has 0 N–H and O–H groups in total. The van der Waals surface area contributed by atoms with Crippen LogP contribution in [0.5, 0.6) is 0 Å². The molecular formula is C13H10N4O3. The zero-order chi connectivity index (χ0) is 13.9. The van der Waals surface area contributed by atoms with Gasteiger partial charge in [-0.1, -0.05) is 29.1 Å². The van der Waals surface area contributed by atoms with E-state index in [1.165, 1.54) is 10.9 Å². The molecule has 100 valence electrons. The highest BCUT2D eigenvalue weighted by Gasteiger charge is 2.13.